The van der Waals surface area contributed by atoms with Crippen molar-refractivity contribution >= 4 is 38.9 Å². The fraction of sp³-hybridized carbons (Fsp3) is 0.500. The van der Waals surface area contributed by atoms with Gasteiger partial charge in [-0.1, -0.05) is 23.7 Å². The van der Waals surface area contributed by atoms with Crippen LogP contribution in [0.1, 0.15) is 57.1 Å². The van der Waals surface area contributed by atoms with Crippen LogP contribution in [0, 0.1) is 6.92 Å². The number of carbonyl (C=O) groups is 1. The Kier molecular flexibility index (Phi) is 9.21. The molecule has 2 aromatic rings. The maximum Gasteiger partial charge on any atom is 0.224 e. The van der Waals surface area contributed by atoms with Crippen molar-refractivity contribution in [2.45, 2.75) is 63.7 Å². The highest BCUT2D eigenvalue weighted by atomic mass is 35.5. The highest BCUT2D eigenvalue weighted by Crippen LogP contribution is 2.35. The van der Waals surface area contributed by atoms with Gasteiger partial charge in [0.15, 0.2) is 0 Å². The zero-order chi connectivity index (χ0) is 25.6. The molecule has 1 aliphatic heterocycles. The molecule has 3 rings (SSSR count). The average Bonchev–Trinajstić information content (AvgIpc) is 2.81. The van der Waals surface area contributed by atoms with Crippen molar-refractivity contribution in [1.29, 1.82) is 0 Å². The number of nitrogens with one attached hydrogen (secondary N) is 2. The topological polar surface area (TPSA) is 98.7 Å². The summed E-state index contributed by atoms with van der Waals surface area (Å²) in [5, 5.41) is 14.3. The summed E-state index contributed by atoms with van der Waals surface area (Å²) in [6, 6.07) is 13.4. The molecule has 1 heterocycles. The number of unbranched alkanes of at least 4 members (excludes halogenated alkanes) is 1. The van der Waals surface area contributed by atoms with Crippen LogP contribution < -0.4 is 14.9 Å². The molecule has 7 nitrogen and oxygen atoms in total. The minimum atomic E-state index is -3.26. The van der Waals surface area contributed by atoms with Gasteiger partial charge in [0.2, 0.25) is 15.9 Å². The van der Waals surface area contributed by atoms with Gasteiger partial charge >= 0.3 is 0 Å². The van der Waals surface area contributed by atoms with E-state index in [1.54, 1.807) is 13.8 Å². The third-order valence-electron chi connectivity index (χ3n) is 6.58. The second kappa shape index (κ2) is 11.7. The molecule has 192 valence electrons. The van der Waals surface area contributed by atoms with Gasteiger partial charge < -0.3 is 15.3 Å². The summed E-state index contributed by atoms with van der Waals surface area (Å²) in [5.74, 6) is -0.0847. The summed E-state index contributed by atoms with van der Waals surface area (Å²) in [5.41, 5.74) is 2.86. The molecule has 0 atom stereocenters. The lowest BCUT2D eigenvalue weighted by molar-refractivity contribution is -0.116. The number of piperidine rings is 1. The van der Waals surface area contributed by atoms with Gasteiger partial charge in [-0.2, -0.15) is 0 Å². The summed E-state index contributed by atoms with van der Waals surface area (Å²) in [6.45, 7) is 7.03. The first kappa shape index (κ1) is 27.5. The van der Waals surface area contributed by atoms with Crippen LogP contribution in [0.25, 0.3) is 0 Å². The molecular formula is C26H36ClN3O4S. The number of hydrogen-bond acceptors (Lipinski definition) is 5. The second-order valence-electron chi connectivity index (χ2n) is 9.52. The Morgan fingerprint density at radius 1 is 1.11 bits per heavy atom. The first-order chi connectivity index (χ1) is 16.5. The van der Waals surface area contributed by atoms with Gasteiger partial charge in [-0.15, -0.1) is 0 Å². The van der Waals surface area contributed by atoms with Gasteiger partial charge in [-0.25, -0.2) is 13.1 Å². The van der Waals surface area contributed by atoms with Crippen LogP contribution in [0.3, 0.4) is 0 Å². The summed E-state index contributed by atoms with van der Waals surface area (Å²) in [4.78, 5) is 14.6. The highest BCUT2D eigenvalue weighted by Gasteiger charge is 2.34. The lowest BCUT2D eigenvalue weighted by Crippen LogP contribution is -2.42. The van der Waals surface area contributed by atoms with Gasteiger partial charge in [0.25, 0.3) is 0 Å². The molecule has 35 heavy (non-hydrogen) atoms. The number of aryl methyl sites for hydroxylation is 1. The molecule has 0 saturated carbocycles. The zero-order valence-electron chi connectivity index (χ0n) is 20.7. The number of sulfonamides is 1. The molecule has 1 amide bonds. The van der Waals surface area contributed by atoms with Crippen molar-refractivity contribution < 1.29 is 18.3 Å². The summed E-state index contributed by atoms with van der Waals surface area (Å²) in [6.07, 6.45) is 2.79. The minimum absolute atomic E-state index is 0.0847. The van der Waals surface area contributed by atoms with Crippen LogP contribution in [0.15, 0.2) is 42.5 Å². The van der Waals surface area contributed by atoms with Gasteiger partial charge in [-0.3, -0.25) is 4.79 Å². The van der Waals surface area contributed by atoms with Crippen molar-refractivity contribution in [1.82, 2.24) is 4.72 Å². The Balaban J connectivity index is 1.47. The van der Waals surface area contributed by atoms with Crippen molar-refractivity contribution in [3.63, 3.8) is 0 Å². The van der Waals surface area contributed by atoms with Gasteiger partial charge in [0.05, 0.1) is 10.9 Å². The molecule has 0 aliphatic carbocycles. The summed E-state index contributed by atoms with van der Waals surface area (Å²) < 4.78 is 26.1. The number of hydrogen-bond donors (Lipinski definition) is 3. The monoisotopic (exact) mass is 521 g/mol. The molecule has 2 aromatic carbocycles. The number of amides is 1. The van der Waals surface area contributed by atoms with E-state index in [4.69, 9.17) is 11.6 Å². The van der Waals surface area contributed by atoms with Crippen LogP contribution >= 0.6 is 11.6 Å². The maximum atomic E-state index is 12.4. The number of nitrogens with zero attached hydrogens (tertiary/aromatic N) is 1. The molecular weight excluding hydrogens is 486 g/mol. The first-order valence-electron chi connectivity index (χ1n) is 12.1. The third-order valence-corrected chi connectivity index (χ3v) is 8.68. The molecule has 1 saturated heterocycles. The van der Waals surface area contributed by atoms with E-state index in [0.717, 1.165) is 35.6 Å². The molecule has 3 N–H and O–H groups in total. The van der Waals surface area contributed by atoms with E-state index in [1.807, 2.05) is 43.3 Å². The predicted molar refractivity (Wildman–Crippen MR) is 143 cm³/mol. The van der Waals surface area contributed by atoms with Crippen molar-refractivity contribution in [2.24, 2.45) is 0 Å². The van der Waals surface area contributed by atoms with E-state index in [0.29, 0.717) is 43.7 Å². The van der Waals surface area contributed by atoms with Crippen molar-refractivity contribution in [3.05, 3.63) is 58.6 Å². The van der Waals surface area contributed by atoms with E-state index >= 15 is 0 Å². The molecule has 1 aliphatic rings. The number of anilines is 2. The van der Waals surface area contributed by atoms with E-state index in [1.165, 1.54) is 0 Å². The standard InChI is InChI=1S/C26H36ClN3O4S/c1-19(2)35(33,34)28-15-5-4-6-25(31)29-24-12-11-23(18-20(24)3)30-16-13-26(32,14-17-30)21-7-9-22(27)10-8-21/h7-12,18-19,28,32H,4-6,13-17H2,1-3H3,(H,29,31). The fourth-order valence-corrected chi connectivity index (χ4v) is 5.06. The number of aliphatic hydroxyl groups is 1. The predicted octanol–water partition coefficient (Wildman–Crippen LogP) is 4.57. The molecule has 0 spiro atoms. The smallest absolute Gasteiger partial charge is 0.224 e. The van der Waals surface area contributed by atoms with Crippen LogP contribution in [-0.2, 0) is 20.4 Å². The largest absolute Gasteiger partial charge is 0.385 e. The Morgan fingerprint density at radius 2 is 1.77 bits per heavy atom. The molecule has 0 radical (unpaired) electrons. The summed E-state index contributed by atoms with van der Waals surface area (Å²) >= 11 is 5.98. The number of rotatable bonds is 10. The van der Waals surface area contributed by atoms with Crippen LogP contribution in [0.2, 0.25) is 5.02 Å². The minimum Gasteiger partial charge on any atom is -0.385 e. The van der Waals surface area contributed by atoms with Crippen LogP contribution in [0.5, 0.6) is 0 Å². The van der Waals surface area contributed by atoms with E-state index in [2.05, 4.69) is 21.0 Å². The quantitative estimate of drug-likeness (QED) is 0.398. The van der Waals surface area contributed by atoms with Crippen LogP contribution in [-0.4, -0.2) is 44.3 Å². The average molecular weight is 522 g/mol. The van der Waals surface area contributed by atoms with Crippen molar-refractivity contribution in [2.75, 3.05) is 29.9 Å². The fourth-order valence-electron chi connectivity index (χ4n) is 4.17. The van der Waals surface area contributed by atoms with Crippen LogP contribution in [0.4, 0.5) is 11.4 Å². The van der Waals surface area contributed by atoms with E-state index < -0.39 is 20.9 Å². The lowest BCUT2D eigenvalue weighted by atomic mass is 9.84. The third kappa shape index (κ3) is 7.43. The maximum absolute atomic E-state index is 12.4. The molecule has 1 fully saturated rings. The Hall–Kier alpha value is -2.13. The highest BCUT2D eigenvalue weighted by molar-refractivity contribution is 7.90. The van der Waals surface area contributed by atoms with E-state index in [9.17, 15) is 18.3 Å². The number of carbonyl (C=O) groups excluding carboxylic acids is 1. The normalized spacial score (nSPS) is 15.9. The van der Waals surface area contributed by atoms with Gasteiger partial charge in [0.1, 0.15) is 0 Å². The Morgan fingerprint density at radius 3 is 2.37 bits per heavy atom. The molecule has 0 aromatic heterocycles. The number of halogens is 1. The zero-order valence-corrected chi connectivity index (χ0v) is 22.3. The molecule has 0 bridgehead atoms. The molecule has 0 unspecified atom stereocenters. The van der Waals surface area contributed by atoms with Gasteiger partial charge in [0, 0.05) is 42.5 Å². The van der Waals surface area contributed by atoms with E-state index in [-0.39, 0.29) is 5.91 Å². The lowest BCUT2D eigenvalue weighted by Gasteiger charge is -2.39. The number of benzene rings is 2. The Bertz CT molecular complexity index is 1110. The second-order valence-corrected chi connectivity index (χ2v) is 12.3. The van der Waals surface area contributed by atoms with Crippen molar-refractivity contribution in [3.8, 4) is 0 Å². The molecule has 9 heteroatoms. The Labute approximate surface area is 213 Å². The summed E-state index contributed by atoms with van der Waals surface area (Å²) in [7, 11) is -3.26. The first-order valence-corrected chi connectivity index (χ1v) is 14.0. The van der Waals surface area contributed by atoms with Gasteiger partial charge in [-0.05, 0) is 87.9 Å². The SMILES string of the molecule is Cc1cc(N2CCC(O)(c3ccc(Cl)cc3)CC2)ccc1NC(=O)CCCCNS(=O)(=O)C(C)C.